The Bertz CT molecular complexity index is 676. The van der Waals surface area contributed by atoms with Crippen LogP contribution < -0.4 is 10.2 Å². The van der Waals surface area contributed by atoms with Gasteiger partial charge in [-0.15, -0.1) is 0 Å². The standard InChI is InChI=1S/C13H13FN2O2S/c1-8-11(19-13(18)16(8)2)12(17)15-7-9-5-3-4-6-10(9)14/h3-6H,7H2,1-2H3,(H,15,17). The van der Waals surface area contributed by atoms with Crippen molar-refractivity contribution >= 4 is 17.2 Å². The van der Waals surface area contributed by atoms with Crippen molar-refractivity contribution < 1.29 is 9.18 Å². The maximum absolute atomic E-state index is 13.4. The first kappa shape index (κ1) is 13.5. The molecule has 1 amide bonds. The maximum atomic E-state index is 13.4. The fourth-order valence-corrected chi connectivity index (χ4v) is 2.53. The van der Waals surface area contributed by atoms with Gasteiger partial charge in [-0.3, -0.25) is 9.59 Å². The van der Waals surface area contributed by atoms with Gasteiger partial charge in [0, 0.05) is 24.8 Å². The van der Waals surface area contributed by atoms with Crippen molar-refractivity contribution in [3.05, 3.63) is 55.9 Å². The molecule has 0 fully saturated rings. The number of nitrogens with zero attached hydrogens (tertiary/aromatic N) is 1. The Morgan fingerprint density at radius 3 is 2.68 bits per heavy atom. The predicted octanol–water partition coefficient (Wildman–Crippen LogP) is 1.82. The highest BCUT2D eigenvalue weighted by molar-refractivity contribution is 7.11. The van der Waals surface area contributed by atoms with E-state index in [4.69, 9.17) is 0 Å². The molecule has 1 N–H and O–H groups in total. The number of halogens is 1. The summed E-state index contributed by atoms with van der Waals surface area (Å²) in [5.41, 5.74) is 1.03. The van der Waals surface area contributed by atoms with Gasteiger partial charge in [0.05, 0.1) is 0 Å². The number of hydrogen-bond donors (Lipinski definition) is 1. The average molecular weight is 280 g/mol. The highest BCUT2D eigenvalue weighted by Gasteiger charge is 2.15. The molecule has 0 saturated carbocycles. The van der Waals surface area contributed by atoms with E-state index < -0.39 is 0 Å². The van der Waals surface area contributed by atoms with Crippen LogP contribution in [-0.4, -0.2) is 10.5 Å². The molecule has 4 nitrogen and oxygen atoms in total. The van der Waals surface area contributed by atoms with Gasteiger partial charge in [0.25, 0.3) is 5.91 Å². The van der Waals surface area contributed by atoms with Crippen molar-refractivity contribution in [1.29, 1.82) is 0 Å². The minimum Gasteiger partial charge on any atom is -0.347 e. The van der Waals surface area contributed by atoms with Gasteiger partial charge in [0.1, 0.15) is 10.7 Å². The Balaban J connectivity index is 2.12. The molecular weight excluding hydrogens is 267 g/mol. The monoisotopic (exact) mass is 280 g/mol. The van der Waals surface area contributed by atoms with Gasteiger partial charge in [-0.25, -0.2) is 4.39 Å². The van der Waals surface area contributed by atoms with Gasteiger partial charge in [-0.05, 0) is 13.0 Å². The highest BCUT2D eigenvalue weighted by atomic mass is 32.1. The van der Waals surface area contributed by atoms with E-state index >= 15 is 0 Å². The summed E-state index contributed by atoms with van der Waals surface area (Å²) in [6.45, 7) is 1.80. The third-order valence-electron chi connectivity index (χ3n) is 2.90. The van der Waals surface area contributed by atoms with Crippen LogP contribution in [0.5, 0.6) is 0 Å². The molecule has 0 radical (unpaired) electrons. The number of aromatic nitrogens is 1. The van der Waals surface area contributed by atoms with E-state index in [0.717, 1.165) is 11.3 Å². The van der Waals surface area contributed by atoms with Crippen LogP contribution in [0.4, 0.5) is 4.39 Å². The second kappa shape index (κ2) is 5.36. The fraction of sp³-hybridized carbons (Fsp3) is 0.231. The molecule has 0 spiro atoms. The van der Waals surface area contributed by atoms with Crippen LogP contribution in [0, 0.1) is 12.7 Å². The SMILES string of the molecule is Cc1c(C(=O)NCc2ccccc2F)sc(=O)n1C. The molecule has 0 bridgehead atoms. The van der Waals surface area contributed by atoms with Crippen molar-refractivity contribution in [2.45, 2.75) is 13.5 Å². The van der Waals surface area contributed by atoms with Crippen LogP contribution in [-0.2, 0) is 13.6 Å². The first-order chi connectivity index (χ1) is 9.00. The smallest absolute Gasteiger partial charge is 0.307 e. The van der Waals surface area contributed by atoms with Gasteiger partial charge in [-0.2, -0.15) is 0 Å². The zero-order valence-corrected chi connectivity index (χ0v) is 11.4. The Morgan fingerprint density at radius 2 is 2.11 bits per heavy atom. The first-order valence-corrected chi connectivity index (χ1v) is 6.50. The molecule has 1 heterocycles. The molecule has 0 aliphatic carbocycles. The third-order valence-corrected chi connectivity index (χ3v) is 4.03. The first-order valence-electron chi connectivity index (χ1n) is 5.68. The molecule has 0 atom stereocenters. The van der Waals surface area contributed by atoms with Crippen molar-refractivity contribution in [2.75, 3.05) is 0 Å². The van der Waals surface area contributed by atoms with Crippen LogP contribution in [0.3, 0.4) is 0 Å². The molecule has 6 heteroatoms. The Hall–Kier alpha value is -1.95. The van der Waals surface area contributed by atoms with E-state index in [-0.39, 0.29) is 23.1 Å². The zero-order chi connectivity index (χ0) is 14.0. The number of rotatable bonds is 3. The number of benzene rings is 1. The molecule has 0 aliphatic rings. The lowest BCUT2D eigenvalue weighted by molar-refractivity contribution is 0.0953. The quantitative estimate of drug-likeness (QED) is 0.932. The third kappa shape index (κ3) is 2.73. The van der Waals surface area contributed by atoms with Crippen molar-refractivity contribution in [3.63, 3.8) is 0 Å². The number of hydrogen-bond acceptors (Lipinski definition) is 3. The van der Waals surface area contributed by atoms with Gasteiger partial charge in [-0.1, -0.05) is 29.5 Å². The summed E-state index contributed by atoms with van der Waals surface area (Å²) >= 11 is 0.890. The largest absolute Gasteiger partial charge is 0.347 e. The lowest BCUT2D eigenvalue weighted by Crippen LogP contribution is -2.23. The Labute approximate surface area is 113 Å². The second-order valence-corrected chi connectivity index (χ2v) is 5.08. The van der Waals surface area contributed by atoms with Crippen LogP contribution in [0.2, 0.25) is 0 Å². The van der Waals surface area contributed by atoms with Gasteiger partial charge in [0.15, 0.2) is 0 Å². The number of nitrogens with one attached hydrogen (secondary N) is 1. The van der Waals surface area contributed by atoms with E-state index in [1.165, 1.54) is 10.6 Å². The summed E-state index contributed by atoms with van der Waals surface area (Å²) in [5, 5.41) is 2.62. The van der Waals surface area contributed by atoms with E-state index in [0.29, 0.717) is 16.1 Å². The minimum absolute atomic E-state index is 0.0980. The van der Waals surface area contributed by atoms with Crippen molar-refractivity contribution in [1.82, 2.24) is 9.88 Å². The fourth-order valence-electron chi connectivity index (χ4n) is 1.63. The predicted molar refractivity (Wildman–Crippen MR) is 71.9 cm³/mol. The normalized spacial score (nSPS) is 10.5. The van der Waals surface area contributed by atoms with Crippen LogP contribution in [0.15, 0.2) is 29.1 Å². The summed E-state index contributed by atoms with van der Waals surface area (Å²) < 4.78 is 14.8. The molecule has 2 rings (SSSR count). The molecule has 19 heavy (non-hydrogen) atoms. The molecule has 2 aromatic rings. The van der Waals surface area contributed by atoms with E-state index in [2.05, 4.69) is 5.32 Å². The van der Waals surface area contributed by atoms with E-state index in [1.54, 1.807) is 32.2 Å². The van der Waals surface area contributed by atoms with Crippen molar-refractivity contribution in [2.24, 2.45) is 7.05 Å². The van der Waals surface area contributed by atoms with Crippen LogP contribution >= 0.6 is 11.3 Å². The van der Waals surface area contributed by atoms with Gasteiger partial charge < -0.3 is 9.88 Å². The average Bonchev–Trinajstić information content (AvgIpc) is 2.65. The second-order valence-electron chi connectivity index (χ2n) is 4.12. The number of thiazole rings is 1. The highest BCUT2D eigenvalue weighted by Crippen LogP contribution is 2.11. The Morgan fingerprint density at radius 1 is 1.42 bits per heavy atom. The summed E-state index contributed by atoms with van der Waals surface area (Å²) in [6, 6.07) is 6.24. The molecular formula is C13H13FN2O2S. The topological polar surface area (TPSA) is 51.1 Å². The summed E-state index contributed by atoms with van der Waals surface area (Å²) in [7, 11) is 1.61. The summed E-state index contributed by atoms with van der Waals surface area (Å²) in [6.07, 6.45) is 0. The zero-order valence-electron chi connectivity index (χ0n) is 10.6. The number of carbonyl (C=O) groups excluding carboxylic acids is 1. The minimum atomic E-state index is -0.360. The van der Waals surface area contributed by atoms with Gasteiger partial charge >= 0.3 is 4.87 Å². The van der Waals surface area contributed by atoms with Crippen LogP contribution in [0.25, 0.3) is 0 Å². The van der Waals surface area contributed by atoms with E-state index in [1.807, 2.05) is 0 Å². The number of amides is 1. The van der Waals surface area contributed by atoms with Gasteiger partial charge in [0.2, 0.25) is 0 Å². The lowest BCUT2D eigenvalue weighted by Gasteiger charge is -2.05. The van der Waals surface area contributed by atoms with Crippen molar-refractivity contribution in [3.8, 4) is 0 Å². The van der Waals surface area contributed by atoms with E-state index in [9.17, 15) is 14.0 Å². The molecule has 1 aromatic heterocycles. The van der Waals surface area contributed by atoms with Crippen LogP contribution in [0.1, 0.15) is 20.9 Å². The molecule has 0 unspecified atom stereocenters. The molecule has 0 saturated heterocycles. The molecule has 1 aromatic carbocycles. The summed E-state index contributed by atoms with van der Waals surface area (Å²) in [4.78, 5) is 23.6. The molecule has 0 aliphatic heterocycles. The maximum Gasteiger partial charge on any atom is 0.307 e. The lowest BCUT2D eigenvalue weighted by atomic mass is 10.2. The Kier molecular flexibility index (Phi) is 3.80. The number of carbonyl (C=O) groups is 1. The molecule has 100 valence electrons. The summed E-state index contributed by atoms with van der Waals surface area (Å²) in [5.74, 6) is -0.718.